The van der Waals surface area contributed by atoms with Crippen molar-refractivity contribution in [1.29, 1.82) is 0 Å². The molecule has 2 aliphatic heterocycles. The smallest absolute Gasteiger partial charge is 0.162 e. The number of rotatable bonds is 2. The minimum atomic E-state index is 0.690. The van der Waals surface area contributed by atoms with Crippen molar-refractivity contribution in [1.82, 2.24) is 4.90 Å². The van der Waals surface area contributed by atoms with Crippen LogP contribution in [0.15, 0.2) is 22.1 Å². The Balaban J connectivity index is 2.17. The second-order valence-corrected chi connectivity index (χ2v) is 3.87. The Bertz CT molecular complexity index is 523. The highest BCUT2D eigenvalue weighted by Crippen LogP contribution is 2.37. The molecule has 88 valence electrons. The largest absolute Gasteiger partial charge is 0.493 e. The van der Waals surface area contributed by atoms with E-state index in [9.17, 15) is 0 Å². The number of hydrogen-bond donors (Lipinski definition) is 0. The van der Waals surface area contributed by atoms with Gasteiger partial charge in [0.2, 0.25) is 0 Å². The molecule has 0 saturated carbocycles. The Kier molecular flexibility index (Phi) is 2.24. The van der Waals surface area contributed by atoms with E-state index >= 15 is 0 Å². The molecule has 5 nitrogen and oxygen atoms in total. The standard InChI is InChI=1S/C12H13N3O2/c1-16-10-5-8-9(6-11(10)17-2)14-7-15-4-3-13-12(8)15/h5-7H,3-4H2,1-2H3. The molecule has 0 aromatic heterocycles. The zero-order valence-electron chi connectivity index (χ0n) is 9.80. The maximum atomic E-state index is 5.30. The minimum absolute atomic E-state index is 0.690. The van der Waals surface area contributed by atoms with Crippen LogP contribution in [0.2, 0.25) is 0 Å². The van der Waals surface area contributed by atoms with E-state index in [1.54, 1.807) is 14.2 Å². The Morgan fingerprint density at radius 3 is 2.71 bits per heavy atom. The predicted octanol–water partition coefficient (Wildman–Crippen LogP) is 1.44. The summed E-state index contributed by atoms with van der Waals surface area (Å²) < 4.78 is 10.6. The van der Waals surface area contributed by atoms with Gasteiger partial charge in [0.25, 0.3) is 0 Å². The second kappa shape index (κ2) is 3.76. The molecule has 0 spiro atoms. The Hall–Kier alpha value is -2.04. The summed E-state index contributed by atoms with van der Waals surface area (Å²) in [7, 11) is 3.25. The number of ether oxygens (including phenoxy) is 2. The third-order valence-corrected chi connectivity index (χ3v) is 2.95. The molecule has 17 heavy (non-hydrogen) atoms. The zero-order chi connectivity index (χ0) is 11.8. The van der Waals surface area contributed by atoms with Crippen LogP contribution in [-0.4, -0.2) is 44.4 Å². The first-order chi connectivity index (χ1) is 8.33. The third kappa shape index (κ3) is 1.46. The van der Waals surface area contributed by atoms with Crippen molar-refractivity contribution in [3.05, 3.63) is 17.7 Å². The molecule has 0 bridgehead atoms. The van der Waals surface area contributed by atoms with Gasteiger partial charge in [-0.2, -0.15) is 0 Å². The molecule has 0 fully saturated rings. The fourth-order valence-electron chi connectivity index (χ4n) is 2.10. The van der Waals surface area contributed by atoms with Gasteiger partial charge >= 0.3 is 0 Å². The first-order valence-electron chi connectivity index (χ1n) is 5.45. The number of benzene rings is 1. The van der Waals surface area contributed by atoms with Crippen LogP contribution < -0.4 is 9.47 Å². The lowest BCUT2D eigenvalue weighted by Crippen LogP contribution is -2.29. The lowest BCUT2D eigenvalue weighted by Gasteiger charge is -2.21. The Labute approximate surface area is 99.4 Å². The highest BCUT2D eigenvalue weighted by molar-refractivity contribution is 6.11. The summed E-state index contributed by atoms with van der Waals surface area (Å²) in [6, 6.07) is 3.81. The molecule has 0 N–H and O–H groups in total. The minimum Gasteiger partial charge on any atom is -0.493 e. The van der Waals surface area contributed by atoms with Crippen molar-refractivity contribution < 1.29 is 9.47 Å². The predicted molar refractivity (Wildman–Crippen MR) is 65.8 cm³/mol. The Morgan fingerprint density at radius 2 is 1.94 bits per heavy atom. The van der Waals surface area contributed by atoms with Gasteiger partial charge in [-0.1, -0.05) is 0 Å². The van der Waals surface area contributed by atoms with E-state index in [4.69, 9.17) is 9.47 Å². The molecule has 3 rings (SSSR count). The zero-order valence-corrected chi connectivity index (χ0v) is 9.80. The molecule has 2 heterocycles. The van der Waals surface area contributed by atoms with Gasteiger partial charge in [0.1, 0.15) is 5.84 Å². The SMILES string of the molecule is COc1cc2c(cc1OC)C1=NCCN1C=N2. The molecule has 1 aromatic carbocycles. The topological polar surface area (TPSA) is 46.4 Å². The van der Waals surface area contributed by atoms with Crippen LogP contribution in [0.1, 0.15) is 5.56 Å². The van der Waals surface area contributed by atoms with Gasteiger partial charge < -0.3 is 14.4 Å². The van der Waals surface area contributed by atoms with E-state index < -0.39 is 0 Å². The summed E-state index contributed by atoms with van der Waals surface area (Å²) in [5, 5.41) is 0. The molecular formula is C12H13N3O2. The Morgan fingerprint density at radius 1 is 1.18 bits per heavy atom. The summed E-state index contributed by atoms with van der Waals surface area (Å²) in [4.78, 5) is 10.9. The van der Waals surface area contributed by atoms with Crippen molar-refractivity contribution in [2.75, 3.05) is 27.3 Å². The van der Waals surface area contributed by atoms with E-state index in [0.717, 1.165) is 30.2 Å². The molecule has 0 saturated heterocycles. The van der Waals surface area contributed by atoms with Gasteiger partial charge in [0, 0.05) is 18.2 Å². The maximum absolute atomic E-state index is 5.30. The first kappa shape index (κ1) is 10.1. The number of fused-ring (bicyclic) bond motifs is 3. The number of aliphatic imine (C=N–C) groups is 2. The van der Waals surface area contributed by atoms with Crippen molar-refractivity contribution in [2.45, 2.75) is 0 Å². The number of hydrogen-bond acceptors (Lipinski definition) is 5. The molecule has 0 aliphatic carbocycles. The monoisotopic (exact) mass is 231 g/mol. The van der Waals surface area contributed by atoms with Gasteiger partial charge in [-0.05, 0) is 6.07 Å². The van der Waals surface area contributed by atoms with Crippen LogP contribution >= 0.6 is 0 Å². The summed E-state index contributed by atoms with van der Waals surface area (Å²) in [6.07, 6.45) is 1.82. The quantitative estimate of drug-likeness (QED) is 0.773. The van der Waals surface area contributed by atoms with Crippen LogP contribution in [0.3, 0.4) is 0 Å². The summed E-state index contributed by atoms with van der Waals surface area (Å²) in [5.41, 5.74) is 1.88. The molecule has 1 aromatic rings. The van der Waals surface area contributed by atoms with Gasteiger partial charge in [-0.3, -0.25) is 4.99 Å². The summed E-state index contributed by atoms with van der Waals surface area (Å²) in [6.45, 7) is 1.71. The van der Waals surface area contributed by atoms with E-state index in [1.807, 2.05) is 23.4 Å². The summed E-state index contributed by atoms with van der Waals surface area (Å²) in [5.74, 6) is 2.37. The van der Waals surface area contributed by atoms with Gasteiger partial charge in [0.15, 0.2) is 11.5 Å². The average Bonchev–Trinajstić information content (AvgIpc) is 2.85. The number of methoxy groups -OCH3 is 2. The number of amidine groups is 1. The highest BCUT2D eigenvalue weighted by atomic mass is 16.5. The fourth-order valence-corrected chi connectivity index (χ4v) is 2.10. The molecule has 0 radical (unpaired) electrons. The third-order valence-electron chi connectivity index (χ3n) is 2.95. The lowest BCUT2D eigenvalue weighted by atomic mass is 10.1. The van der Waals surface area contributed by atoms with Crippen LogP contribution in [0.25, 0.3) is 0 Å². The average molecular weight is 231 g/mol. The molecule has 0 atom stereocenters. The van der Waals surface area contributed by atoms with Gasteiger partial charge in [0.05, 0.1) is 32.8 Å². The van der Waals surface area contributed by atoms with E-state index in [2.05, 4.69) is 9.98 Å². The molecule has 0 amide bonds. The summed E-state index contributed by atoms with van der Waals surface area (Å²) >= 11 is 0. The highest BCUT2D eigenvalue weighted by Gasteiger charge is 2.25. The van der Waals surface area contributed by atoms with E-state index in [0.29, 0.717) is 11.5 Å². The van der Waals surface area contributed by atoms with Crippen molar-refractivity contribution in [2.24, 2.45) is 9.98 Å². The van der Waals surface area contributed by atoms with Crippen molar-refractivity contribution in [3.8, 4) is 11.5 Å². The van der Waals surface area contributed by atoms with Crippen LogP contribution in [0.5, 0.6) is 11.5 Å². The van der Waals surface area contributed by atoms with Crippen molar-refractivity contribution in [3.63, 3.8) is 0 Å². The lowest BCUT2D eigenvalue weighted by molar-refractivity contribution is 0.355. The molecular weight excluding hydrogens is 218 g/mol. The van der Waals surface area contributed by atoms with E-state index in [1.165, 1.54) is 0 Å². The second-order valence-electron chi connectivity index (χ2n) is 3.87. The molecule has 2 aliphatic rings. The first-order valence-corrected chi connectivity index (χ1v) is 5.45. The maximum Gasteiger partial charge on any atom is 0.162 e. The van der Waals surface area contributed by atoms with Gasteiger partial charge in [-0.25, -0.2) is 4.99 Å². The van der Waals surface area contributed by atoms with Crippen LogP contribution in [-0.2, 0) is 0 Å². The molecule has 5 heteroatoms. The van der Waals surface area contributed by atoms with E-state index in [-0.39, 0.29) is 0 Å². The molecule has 0 unspecified atom stereocenters. The number of nitrogens with zero attached hydrogens (tertiary/aromatic N) is 3. The van der Waals surface area contributed by atoms with Crippen molar-refractivity contribution >= 4 is 17.9 Å². The van der Waals surface area contributed by atoms with Gasteiger partial charge in [-0.15, -0.1) is 0 Å². The normalized spacial score (nSPS) is 16.4. The fraction of sp³-hybridized carbons (Fsp3) is 0.333. The van der Waals surface area contributed by atoms with Crippen LogP contribution in [0, 0.1) is 0 Å². The van der Waals surface area contributed by atoms with Crippen LogP contribution in [0.4, 0.5) is 5.69 Å².